The Hall–Kier alpha value is -1.62. The summed E-state index contributed by atoms with van der Waals surface area (Å²) in [5.41, 5.74) is 5.17. The van der Waals surface area contributed by atoms with Crippen molar-refractivity contribution in [1.82, 2.24) is 0 Å². The Kier molecular flexibility index (Phi) is 4.89. The predicted octanol–water partition coefficient (Wildman–Crippen LogP) is 2.06. The number of hydrogen-bond donors (Lipinski definition) is 2. The number of ether oxygens (including phenoxy) is 1. The molecule has 19 heavy (non-hydrogen) atoms. The van der Waals surface area contributed by atoms with E-state index in [9.17, 15) is 14.3 Å². The Balaban J connectivity index is 3.10. The van der Waals surface area contributed by atoms with Gasteiger partial charge in [0, 0.05) is 6.54 Å². The number of benzene rings is 1. The van der Waals surface area contributed by atoms with Crippen LogP contribution in [0.25, 0.3) is 0 Å². The molecule has 3 N–H and O–H groups in total. The van der Waals surface area contributed by atoms with Gasteiger partial charge in [0.1, 0.15) is 0 Å². The molecule has 0 aliphatic heterocycles. The Morgan fingerprint density at radius 1 is 1.53 bits per heavy atom. The standard InChI is InChI=1S/C14H20FNO3/c1-9(2)14(8-16,13(17)18)7-10-4-5-12(19-3)11(15)6-10/h4-6,9H,7-8,16H2,1-3H3,(H,17,18). The Morgan fingerprint density at radius 2 is 2.16 bits per heavy atom. The van der Waals surface area contributed by atoms with Gasteiger partial charge in [-0.25, -0.2) is 4.39 Å². The fourth-order valence-electron chi connectivity index (χ4n) is 2.11. The molecule has 1 unspecified atom stereocenters. The van der Waals surface area contributed by atoms with E-state index in [1.165, 1.54) is 19.2 Å². The highest BCUT2D eigenvalue weighted by atomic mass is 19.1. The molecule has 1 aromatic rings. The maximum absolute atomic E-state index is 13.6. The molecule has 106 valence electrons. The Bertz CT molecular complexity index is 462. The molecule has 1 atom stereocenters. The van der Waals surface area contributed by atoms with Gasteiger partial charge in [-0.05, 0) is 30.0 Å². The van der Waals surface area contributed by atoms with E-state index in [-0.39, 0.29) is 24.6 Å². The van der Waals surface area contributed by atoms with Crippen molar-refractivity contribution in [2.75, 3.05) is 13.7 Å². The van der Waals surface area contributed by atoms with Gasteiger partial charge in [-0.3, -0.25) is 4.79 Å². The van der Waals surface area contributed by atoms with Gasteiger partial charge in [-0.2, -0.15) is 0 Å². The zero-order valence-corrected chi connectivity index (χ0v) is 11.4. The SMILES string of the molecule is COc1ccc(CC(CN)(C(=O)O)C(C)C)cc1F. The molecule has 0 saturated heterocycles. The van der Waals surface area contributed by atoms with Crippen molar-refractivity contribution < 1.29 is 19.0 Å². The predicted molar refractivity (Wildman–Crippen MR) is 70.6 cm³/mol. The lowest BCUT2D eigenvalue weighted by molar-refractivity contribution is -0.151. The average Bonchev–Trinajstić information content (AvgIpc) is 2.35. The maximum atomic E-state index is 13.6. The van der Waals surface area contributed by atoms with Crippen LogP contribution >= 0.6 is 0 Å². The first-order valence-electron chi connectivity index (χ1n) is 6.13. The zero-order chi connectivity index (χ0) is 14.6. The molecule has 0 aromatic heterocycles. The van der Waals surface area contributed by atoms with E-state index < -0.39 is 17.2 Å². The van der Waals surface area contributed by atoms with Crippen molar-refractivity contribution >= 4 is 5.97 Å². The third kappa shape index (κ3) is 3.04. The van der Waals surface area contributed by atoms with Crippen LogP contribution in [-0.4, -0.2) is 24.7 Å². The number of carboxylic acid groups (broad SMARTS) is 1. The largest absolute Gasteiger partial charge is 0.494 e. The zero-order valence-electron chi connectivity index (χ0n) is 11.4. The number of methoxy groups -OCH3 is 1. The number of hydrogen-bond acceptors (Lipinski definition) is 3. The van der Waals surface area contributed by atoms with Gasteiger partial charge in [-0.1, -0.05) is 19.9 Å². The average molecular weight is 269 g/mol. The number of nitrogens with two attached hydrogens (primary N) is 1. The molecule has 0 aliphatic carbocycles. The lowest BCUT2D eigenvalue weighted by atomic mass is 9.72. The summed E-state index contributed by atoms with van der Waals surface area (Å²) in [6.45, 7) is 3.62. The number of aliphatic carboxylic acids is 1. The quantitative estimate of drug-likeness (QED) is 0.829. The van der Waals surface area contributed by atoms with E-state index in [1.54, 1.807) is 19.9 Å². The Labute approximate surface area is 112 Å². The van der Waals surface area contributed by atoms with Crippen LogP contribution in [0, 0.1) is 17.2 Å². The highest BCUT2D eigenvalue weighted by Gasteiger charge is 2.40. The fourth-order valence-corrected chi connectivity index (χ4v) is 2.11. The molecule has 0 radical (unpaired) electrons. The van der Waals surface area contributed by atoms with Gasteiger partial charge in [0.2, 0.25) is 0 Å². The molecule has 0 fully saturated rings. The lowest BCUT2D eigenvalue weighted by Crippen LogP contribution is -2.45. The molecular weight excluding hydrogens is 249 g/mol. The molecule has 0 amide bonds. The second-order valence-corrected chi connectivity index (χ2v) is 4.97. The van der Waals surface area contributed by atoms with Crippen LogP contribution in [-0.2, 0) is 11.2 Å². The molecule has 1 rings (SSSR count). The van der Waals surface area contributed by atoms with Crippen molar-refractivity contribution in [2.24, 2.45) is 17.1 Å². The second kappa shape index (κ2) is 6.02. The first kappa shape index (κ1) is 15.4. The van der Waals surface area contributed by atoms with Crippen molar-refractivity contribution in [3.8, 4) is 5.75 Å². The second-order valence-electron chi connectivity index (χ2n) is 4.97. The summed E-state index contributed by atoms with van der Waals surface area (Å²) in [5.74, 6) is -1.47. The minimum absolute atomic E-state index is 0.00759. The number of carbonyl (C=O) groups is 1. The molecule has 0 saturated carbocycles. The van der Waals surface area contributed by atoms with Crippen LogP contribution in [0.2, 0.25) is 0 Å². The number of rotatable bonds is 6. The Morgan fingerprint density at radius 3 is 2.53 bits per heavy atom. The molecule has 0 aliphatic rings. The highest BCUT2D eigenvalue weighted by Crippen LogP contribution is 2.32. The van der Waals surface area contributed by atoms with Crippen LogP contribution in [0.3, 0.4) is 0 Å². The third-order valence-electron chi connectivity index (χ3n) is 3.63. The van der Waals surface area contributed by atoms with E-state index in [0.717, 1.165) is 0 Å². The summed E-state index contributed by atoms with van der Waals surface area (Å²) in [6, 6.07) is 4.46. The van der Waals surface area contributed by atoms with E-state index in [0.29, 0.717) is 5.56 Å². The van der Waals surface area contributed by atoms with Crippen molar-refractivity contribution in [3.63, 3.8) is 0 Å². The first-order chi connectivity index (χ1) is 8.87. The van der Waals surface area contributed by atoms with Gasteiger partial charge in [0.15, 0.2) is 11.6 Å². The molecule has 0 heterocycles. The summed E-state index contributed by atoms with van der Waals surface area (Å²) < 4.78 is 18.5. The number of carboxylic acids is 1. The third-order valence-corrected chi connectivity index (χ3v) is 3.63. The van der Waals surface area contributed by atoms with Gasteiger partial charge in [0.05, 0.1) is 12.5 Å². The molecule has 0 bridgehead atoms. The molecule has 0 spiro atoms. The minimum atomic E-state index is -1.08. The highest BCUT2D eigenvalue weighted by molar-refractivity contribution is 5.75. The van der Waals surface area contributed by atoms with Gasteiger partial charge >= 0.3 is 5.97 Å². The summed E-state index contributed by atoms with van der Waals surface area (Å²) in [4.78, 5) is 11.5. The van der Waals surface area contributed by atoms with E-state index >= 15 is 0 Å². The van der Waals surface area contributed by atoms with Crippen molar-refractivity contribution in [3.05, 3.63) is 29.6 Å². The molecule has 5 heteroatoms. The summed E-state index contributed by atoms with van der Waals surface area (Å²) in [6.07, 6.45) is 0.192. The van der Waals surface area contributed by atoms with Crippen LogP contribution in [0.1, 0.15) is 19.4 Å². The molecule has 4 nitrogen and oxygen atoms in total. The number of halogens is 1. The lowest BCUT2D eigenvalue weighted by Gasteiger charge is -2.32. The van der Waals surface area contributed by atoms with E-state index in [1.807, 2.05) is 0 Å². The van der Waals surface area contributed by atoms with Crippen LogP contribution in [0.15, 0.2) is 18.2 Å². The van der Waals surface area contributed by atoms with E-state index in [2.05, 4.69) is 0 Å². The molecule has 1 aromatic carbocycles. The van der Waals surface area contributed by atoms with E-state index in [4.69, 9.17) is 10.5 Å². The minimum Gasteiger partial charge on any atom is -0.494 e. The van der Waals surface area contributed by atoms with Crippen molar-refractivity contribution in [1.29, 1.82) is 0 Å². The summed E-state index contributed by atoms with van der Waals surface area (Å²) in [5, 5.41) is 9.43. The van der Waals surface area contributed by atoms with Crippen LogP contribution in [0.4, 0.5) is 4.39 Å². The first-order valence-corrected chi connectivity index (χ1v) is 6.13. The van der Waals surface area contributed by atoms with Crippen molar-refractivity contribution in [2.45, 2.75) is 20.3 Å². The van der Waals surface area contributed by atoms with Crippen LogP contribution in [0.5, 0.6) is 5.75 Å². The van der Waals surface area contributed by atoms with Crippen LogP contribution < -0.4 is 10.5 Å². The summed E-state index contributed by atoms with van der Waals surface area (Å²) in [7, 11) is 1.38. The van der Waals surface area contributed by atoms with Gasteiger partial charge in [0.25, 0.3) is 0 Å². The normalized spacial score (nSPS) is 14.2. The summed E-state index contributed by atoms with van der Waals surface area (Å²) >= 11 is 0. The monoisotopic (exact) mass is 269 g/mol. The van der Waals surface area contributed by atoms with Gasteiger partial charge in [-0.15, -0.1) is 0 Å². The molecular formula is C14H20FNO3. The topological polar surface area (TPSA) is 72.5 Å². The van der Waals surface area contributed by atoms with Gasteiger partial charge < -0.3 is 15.6 Å². The maximum Gasteiger partial charge on any atom is 0.311 e. The smallest absolute Gasteiger partial charge is 0.311 e. The fraction of sp³-hybridized carbons (Fsp3) is 0.500.